The van der Waals surface area contributed by atoms with Crippen LogP contribution in [-0.4, -0.2) is 29.4 Å². The molecule has 84 valence electrons. The molecule has 1 heterocycles. The summed E-state index contributed by atoms with van der Waals surface area (Å²) in [4.78, 5) is 4.12. The number of hydrogen-bond donors (Lipinski definition) is 1. The van der Waals surface area contributed by atoms with Crippen molar-refractivity contribution in [1.29, 1.82) is 0 Å². The Morgan fingerprint density at radius 1 is 1.53 bits per heavy atom. The monoisotopic (exact) mass is 211 g/mol. The summed E-state index contributed by atoms with van der Waals surface area (Å²) in [5.74, 6) is 0.651. The second kappa shape index (κ2) is 3.48. The molecule has 0 radical (unpaired) electrons. The Balaban J connectivity index is 1.98. The zero-order valence-corrected chi connectivity index (χ0v) is 9.57. The lowest BCUT2D eigenvalue weighted by Gasteiger charge is -2.50. The van der Waals surface area contributed by atoms with Crippen LogP contribution in [0.2, 0.25) is 0 Å². The van der Waals surface area contributed by atoms with E-state index in [-0.39, 0.29) is 5.41 Å². The predicted molar refractivity (Wildman–Crippen MR) is 55.6 cm³/mol. The van der Waals surface area contributed by atoms with Crippen LogP contribution >= 0.6 is 0 Å². The third-order valence-corrected chi connectivity index (χ3v) is 3.29. The average molecular weight is 211 g/mol. The number of anilines is 1. The molecule has 0 saturated heterocycles. The van der Waals surface area contributed by atoms with E-state index in [4.69, 9.17) is 9.26 Å². The molecule has 5 heteroatoms. The van der Waals surface area contributed by atoms with Crippen molar-refractivity contribution in [2.45, 2.75) is 39.3 Å². The van der Waals surface area contributed by atoms with Gasteiger partial charge in [0.1, 0.15) is 0 Å². The molecule has 0 amide bonds. The Bertz CT molecular complexity index is 348. The smallest absolute Gasteiger partial charge is 0.321 e. The van der Waals surface area contributed by atoms with E-state index < -0.39 is 0 Å². The van der Waals surface area contributed by atoms with Crippen LogP contribution in [0.5, 0.6) is 0 Å². The summed E-state index contributed by atoms with van der Waals surface area (Å²) in [5.41, 5.74) is 0.108. The van der Waals surface area contributed by atoms with Gasteiger partial charge in [-0.1, -0.05) is 19.0 Å². The molecule has 1 aliphatic carbocycles. The van der Waals surface area contributed by atoms with Gasteiger partial charge in [-0.2, -0.15) is 4.98 Å². The summed E-state index contributed by atoms with van der Waals surface area (Å²) < 4.78 is 10.4. The van der Waals surface area contributed by atoms with Crippen LogP contribution in [0, 0.1) is 12.3 Å². The second-order valence-electron chi connectivity index (χ2n) is 4.63. The Morgan fingerprint density at radius 3 is 2.73 bits per heavy atom. The van der Waals surface area contributed by atoms with Crippen LogP contribution in [-0.2, 0) is 4.74 Å². The van der Waals surface area contributed by atoms with E-state index >= 15 is 0 Å². The molecule has 0 bridgehead atoms. The normalized spacial score (nSPS) is 28.5. The Hall–Kier alpha value is -1.10. The van der Waals surface area contributed by atoms with Crippen molar-refractivity contribution in [3.05, 3.63) is 5.82 Å². The van der Waals surface area contributed by atoms with E-state index in [1.165, 1.54) is 0 Å². The quantitative estimate of drug-likeness (QED) is 0.823. The van der Waals surface area contributed by atoms with Crippen LogP contribution in [0.4, 0.5) is 6.01 Å². The molecule has 5 nitrogen and oxygen atoms in total. The van der Waals surface area contributed by atoms with Crippen molar-refractivity contribution in [2.24, 2.45) is 5.41 Å². The number of ether oxygens (including phenoxy) is 1. The van der Waals surface area contributed by atoms with E-state index in [9.17, 15) is 0 Å². The molecule has 0 aromatic carbocycles. The van der Waals surface area contributed by atoms with Crippen LogP contribution in [0.15, 0.2) is 4.52 Å². The summed E-state index contributed by atoms with van der Waals surface area (Å²) in [6.45, 7) is 6.15. The number of nitrogens with zero attached hydrogens (tertiary/aromatic N) is 2. The highest BCUT2D eigenvalue weighted by Gasteiger charge is 2.49. The van der Waals surface area contributed by atoms with Gasteiger partial charge in [-0.3, -0.25) is 0 Å². The second-order valence-corrected chi connectivity index (χ2v) is 4.63. The SMILES string of the molecule is COC1CC(Nc2nc(C)no2)C1(C)C. The van der Waals surface area contributed by atoms with Crippen molar-refractivity contribution in [3.8, 4) is 0 Å². The third-order valence-electron chi connectivity index (χ3n) is 3.29. The topological polar surface area (TPSA) is 60.2 Å². The van der Waals surface area contributed by atoms with Gasteiger partial charge in [-0.25, -0.2) is 0 Å². The van der Waals surface area contributed by atoms with Gasteiger partial charge < -0.3 is 14.6 Å². The minimum Gasteiger partial charge on any atom is -0.381 e. The largest absolute Gasteiger partial charge is 0.381 e. The predicted octanol–water partition coefficient (Wildman–Crippen LogP) is 1.60. The zero-order chi connectivity index (χ0) is 11.1. The van der Waals surface area contributed by atoms with Gasteiger partial charge in [0.25, 0.3) is 0 Å². The first-order chi connectivity index (χ1) is 7.04. The van der Waals surface area contributed by atoms with Crippen molar-refractivity contribution >= 4 is 6.01 Å². The Morgan fingerprint density at radius 2 is 2.27 bits per heavy atom. The summed E-state index contributed by atoms with van der Waals surface area (Å²) >= 11 is 0. The molecule has 1 aromatic heterocycles. The Kier molecular flexibility index (Phi) is 2.42. The van der Waals surface area contributed by atoms with E-state index in [1.54, 1.807) is 14.0 Å². The fourth-order valence-electron chi connectivity index (χ4n) is 2.04. The minimum absolute atomic E-state index is 0.108. The lowest BCUT2D eigenvalue weighted by Crippen LogP contribution is -2.57. The highest BCUT2D eigenvalue weighted by atomic mass is 16.5. The van der Waals surface area contributed by atoms with E-state index in [0.717, 1.165) is 6.42 Å². The van der Waals surface area contributed by atoms with Crippen LogP contribution in [0.3, 0.4) is 0 Å². The van der Waals surface area contributed by atoms with E-state index in [2.05, 4.69) is 29.3 Å². The maximum absolute atomic E-state index is 5.37. The van der Waals surface area contributed by atoms with Crippen LogP contribution in [0.25, 0.3) is 0 Å². The minimum atomic E-state index is 0.108. The molecule has 2 atom stereocenters. The van der Waals surface area contributed by atoms with Crippen molar-refractivity contribution in [1.82, 2.24) is 10.1 Å². The van der Waals surface area contributed by atoms with Crippen molar-refractivity contribution in [2.75, 3.05) is 12.4 Å². The van der Waals surface area contributed by atoms with Gasteiger partial charge in [-0.05, 0) is 13.3 Å². The van der Waals surface area contributed by atoms with Gasteiger partial charge >= 0.3 is 6.01 Å². The summed E-state index contributed by atoms with van der Waals surface area (Å²) in [7, 11) is 1.75. The van der Waals surface area contributed by atoms with Gasteiger partial charge in [0.2, 0.25) is 0 Å². The lowest BCUT2D eigenvalue weighted by atomic mass is 9.64. The number of methoxy groups -OCH3 is 1. The number of aryl methyl sites for hydroxylation is 1. The van der Waals surface area contributed by atoms with Gasteiger partial charge in [0.05, 0.1) is 6.10 Å². The molecule has 1 saturated carbocycles. The molecule has 2 rings (SSSR count). The fraction of sp³-hybridized carbons (Fsp3) is 0.800. The standard InChI is InChI=1S/C10H17N3O2/c1-6-11-9(15-13-6)12-7-5-8(14-4)10(7,2)3/h7-8H,5H2,1-4H3,(H,11,12,13). The van der Waals surface area contributed by atoms with Crippen molar-refractivity contribution < 1.29 is 9.26 Å². The van der Waals surface area contributed by atoms with Crippen LogP contribution in [0.1, 0.15) is 26.1 Å². The van der Waals surface area contributed by atoms with Crippen molar-refractivity contribution in [3.63, 3.8) is 0 Å². The summed E-state index contributed by atoms with van der Waals surface area (Å²) in [6, 6.07) is 0.836. The Labute approximate surface area is 89.2 Å². The molecule has 1 aliphatic rings. The molecular formula is C10H17N3O2. The molecule has 1 aromatic rings. The summed E-state index contributed by atoms with van der Waals surface area (Å²) in [6.07, 6.45) is 1.28. The highest BCUT2D eigenvalue weighted by molar-refractivity contribution is 5.25. The first-order valence-corrected chi connectivity index (χ1v) is 5.13. The maximum atomic E-state index is 5.37. The first-order valence-electron chi connectivity index (χ1n) is 5.13. The average Bonchev–Trinajstić information content (AvgIpc) is 2.58. The molecule has 1 N–H and O–H groups in total. The number of rotatable bonds is 3. The van der Waals surface area contributed by atoms with Gasteiger partial charge in [0.15, 0.2) is 5.82 Å². The molecule has 0 spiro atoms. The fourth-order valence-corrected chi connectivity index (χ4v) is 2.04. The van der Waals surface area contributed by atoms with Crippen LogP contribution < -0.4 is 5.32 Å². The number of hydrogen-bond acceptors (Lipinski definition) is 5. The highest BCUT2D eigenvalue weighted by Crippen LogP contribution is 2.43. The molecule has 1 fully saturated rings. The molecule has 0 aliphatic heterocycles. The van der Waals surface area contributed by atoms with E-state index in [0.29, 0.717) is 24.0 Å². The van der Waals surface area contributed by atoms with Gasteiger partial charge in [0, 0.05) is 18.6 Å². The van der Waals surface area contributed by atoms with E-state index in [1.807, 2.05) is 0 Å². The number of aromatic nitrogens is 2. The molecular weight excluding hydrogens is 194 g/mol. The zero-order valence-electron chi connectivity index (χ0n) is 9.57. The third kappa shape index (κ3) is 1.71. The summed E-state index contributed by atoms with van der Waals surface area (Å²) in [5, 5.41) is 6.97. The molecule has 2 unspecified atom stereocenters. The molecule has 15 heavy (non-hydrogen) atoms. The number of nitrogens with one attached hydrogen (secondary N) is 1. The first kappa shape index (κ1) is 10.4. The lowest BCUT2D eigenvalue weighted by molar-refractivity contribution is -0.0800. The maximum Gasteiger partial charge on any atom is 0.321 e. The van der Waals surface area contributed by atoms with Gasteiger partial charge in [-0.15, -0.1) is 0 Å².